The summed E-state index contributed by atoms with van der Waals surface area (Å²) < 4.78 is 6.42. The quantitative estimate of drug-likeness (QED) is 0.769. The predicted molar refractivity (Wildman–Crippen MR) is 91.7 cm³/mol. The van der Waals surface area contributed by atoms with Crippen molar-refractivity contribution in [2.24, 2.45) is 5.10 Å². The number of rotatable bonds is 4. The highest BCUT2D eigenvalue weighted by Crippen LogP contribution is 2.26. The number of imidazole rings is 1. The summed E-state index contributed by atoms with van der Waals surface area (Å²) in [5, 5.41) is 8.44. The van der Waals surface area contributed by atoms with E-state index < -0.39 is 0 Å². The summed E-state index contributed by atoms with van der Waals surface area (Å²) in [4.78, 5) is 9.27. The molecule has 4 rings (SSSR count). The number of anilines is 2. The number of hydrazone groups is 1. The maximum Gasteiger partial charge on any atom is 0.180 e. The van der Waals surface area contributed by atoms with E-state index in [0.29, 0.717) is 0 Å². The minimum atomic E-state index is 0.232. The Balaban J connectivity index is 1.81. The van der Waals surface area contributed by atoms with Gasteiger partial charge in [0.05, 0.1) is 29.2 Å². The molecule has 0 saturated carbocycles. The molecule has 0 amide bonds. The molecule has 0 fully saturated rings. The van der Waals surface area contributed by atoms with Gasteiger partial charge in [-0.2, -0.15) is 9.47 Å². The van der Waals surface area contributed by atoms with Crippen LogP contribution in [0.5, 0.6) is 0 Å². The van der Waals surface area contributed by atoms with Crippen LogP contribution in [0.3, 0.4) is 0 Å². The Labute approximate surface area is 137 Å². The van der Waals surface area contributed by atoms with E-state index in [1.807, 2.05) is 25.4 Å². The number of nitrogens with zero attached hydrogens (tertiary/aromatic N) is 5. The van der Waals surface area contributed by atoms with Crippen LogP contribution in [0.4, 0.5) is 10.8 Å². The Morgan fingerprint density at radius 2 is 2.39 bits per heavy atom. The van der Waals surface area contributed by atoms with E-state index in [1.54, 1.807) is 0 Å². The SMILES string of the molecule is CCc1cn2c(C3C=NNC3)cnc2c(Nc2cc(C)ns2)n1. The second-order valence-corrected chi connectivity index (χ2v) is 6.32. The fraction of sp³-hybridized carbons (Fsp3) is 0.333. The van der Waals surface area contributed by atoms with E-state index in [4.69, 9.17) is 4.98 Å². The standard InChI is InChI=1S/C15H17N7S/c1-3-11-8-22-12(10-5-17-18-6-10)7-16-15(22)14(19-11)20-13-4-9(2)21-23-13/h4-5,7-8,10,18H,3,6H2,1-2H3,(H,19,20). The van der Waals surface area contributed by atoms with Crippen LogP contribution in [0.2, 0.25) is 0 Å². The number of hydrogen-bond donors (Lipinski definition) is 2. The summed E-state index contributed by atoms with van der Waals surface area (Å²) in [6, 6.07) is 2.01. The molecule has 23 heavy (non-hydrogen) atoms. The molecular weight excluding hydrogens is 310 g/mol. The molecule has 0 bridgehead atoms. The van der Waals surface area contributed by atoms with E-state index in [0.717, 1.165) is 46.5 Å². The Kier molecular flexibility index (Phi) is 3.45. The first-order chi connectivity index (χ1) is 11.2. The van der Waals surface area contributed by atoms with Gasteiger partial charge in [-0.1, -0.05) is 6.92 Å². The maximum absolute atomic E-state index is 4.70. The van der Waals surface area contributed by atoms with Crippen molar-refractivity contribution in [3.8, 4) is 0 Å². The largest absolute Gasteiger partial charge is 0.328 e. The van der Waals surface area contributed by atoms with Crippen LogP contribution < -0.4 is 10.7 Å². The van der Waals surface area contributed by atoms with Crippen molar-refractivity contribution < 1.29 is 0 Å². The van der Waals surface area contributed by atoms with Crippen LogP contribution in [-0.4, -0.2) is 31.5 Å². The number of aromatic nitrogens is 4. The van der Waals surface area contributed by atoms with Gasteiger partial charge in [-0.05, 0) is 30.9 Å². The van der Waals surface area contributed by atoms with Crippen LogP contribution in [0.15, 0.2) is 23.6 Å². The first-order valence-corrected chi connectivity index (χ1v) is 8.35. The molecule has 1 atom stereocenters. The molecule has 7 nitrogen and oxygen atoms in total. The molecule has 1 aliphatic heterocycles. The first-order valence-electron chi connectivity index (χ1n) is 7.58. The molecule has 1 unspecified atom stereocenters. The Morgan fingerprint density at radius 1 is 1.48 bits per heavy atom. The lowest BCUT2D eigenvalue weighted by molar-refractivity contribution is 0.745. The van der Waals surface area contributed by atoms with Crippen LogP contribution in [-0.2, 0) is 6.42 Å². The van der Waals surface area contributed by atoms with Crippen molar-refractivity contribution >= 4 is 34.2 Å². The molecule has 0 saturated heterocycles. The van der Waals surface area contributed by atoms with Crippen molar-refractivity contribution in [2.45, 2.75) is 26.2 Å². The molecule has 0 radical (unpaired) electrons. The summed E-state index contributed by atoms with van der Waals surface area (Å²) in [6.07, 6.45) is 6.76. The van der Waals surface area contributed by atoms with Gasteiger partial charge in [0.15, 0.2) is 11.5 Å². The normalized spacial score (nSPS) is 16.9. The van der Waals surface area contributed by atoms with Gasteiger partial charge >= 0.3 is 0 Å². The third-order valence-corrected chi connectivity index (χ3v) is 4.64. The summed E-state index contributed by atoms with van der Waals surface area (Å²) in [5.74, 6) is 0.998. The summed E-state index contributed by atoms with van der Waals surface area (Å²) in [6.45, 7) is 4.88. The first kappa shape index (κ1) is 14.1. The number of fused-ring (bicyclic) bond motifs is 1. The van der Waals surface area contributed by atoms with Crippen molar-refractivity contribution in [1.29, 1.82) is 0 Å². The topological polar surface area (TPSA) is 79.5 Å². The lowest BCUT2D eigenvalue weighted by Crippen LogP contribution is -2.11. The molecular formula is C15H17N7S. The molecule has 0 aliphatic carbocycles. The minimum absolute atomic E-state index is 0.232. The lowest BCUT2D eigenvalue weighted by atomic mass is 10.1. The lowest BCUT2D eigenvalue weighted by Gasteiger charge is -2.10. The summed E-state index contributed by atoms with van der Waals surface area (Å²) in [7, 11) is 0. The van der Waals surface area contributed by atoms with E-state index in [2.05, 4.69) is 42.7 Å². The maximum atomic E-state index is 4.70. The fourth-order valence-corrected chi connectivity index (χ4v) is 3.31. The van der Waals surface area contributed by atoms with Crippen LogP contribution in [0.1, 0.15) is 29.9 Å². The van der Waals surface area contributed by atoms with Crippen LogP contribution in [0, 0.1) is 6.92 Å². The predicted octanol–water partition coefficient (Wildman–Crippen LogP) is 2.47. The van der Waals surface area contributed by atoms with Gasteiger partial charge in [-0.3, -0.25) is 4.40 Å². The van der Waals surface area contributed by atoms with Crippen molar-refractivity contribution in [2.75, 3.05) is 11.9 Å². The second-order valence-electron chi connectivity index (χ2n) is 5.52. The zero-order valence-electron chi connectivity index (χ0n) is 12.9. The molecule has 3 aromatic heterocycles. The molecule has 0 spiro atoms. The highest BCUT2D eigenvalue weighted by Gasteiger charge is 2.20. The zero-order chi connectivity index (χ0) is 15.8. The smallest absolute Gasteiger partial charge is 0.180 e. The molecule has 118 valence electrons. The molecule has 3 aromatic rings. The third-order valence-electron chi connectivity index (χ3n) is 3.84. The van der Waals surface area contributed by atoms with E-state index in [1.165, 1.54) is 11.5 Å². The van der Waals surface area contributed by atoms with E-state index in [9.17, 15) is 0 Å². The Bertz CT molecular complexity index is 879. The average molecular weight is 327 g/mol. The van der Waals surface area contributed by atoms with Gasteiger partial charge in [0.25, 0.3) is 0 Å². The highest BCUT2D eigenvalue weighted by molar-refractivity contribution is 7.10. The Morgan fingerprint density at radius 3 is 3.09 bits per heavy atom. The summed E-state index contributed by atoms with van der Waals surface area (Å²) in [5.41, 5.74) is 6.96. The number of nitrogens with one attached hydrogen (secondary N) is 2. The molecule has 0 aromatic carbocycles. The third kappa shape index (κ3) is 2.55. The Hall–Kier alpha value is -2.48. The second kappa shape index (κ2) is 5.62. The molecule has 8 heteroatoms. The monoisotopic (exact) mass is 327 g/mol. The highest BCUT2D eigenvalue weighted by atomic mass is 32.1. The van der Waals surface area contributed by atoms with Crippen molar-refractivity contribution in [3.05, 3.63) is 35.5 Å². The van der Waals surface area contributed by atoms with Gasteiger partial charge in [0, 0.05) is 19.0 Å². The van der Waals surface area contributed by atoms with Crippen molar-refractivity contribution in [1.82, 2.24) is 24.2 Å². The van der Waals surface area contributed by atoms with Gasteiger partial charge < -0.3 is 10.7 Å². The molecule has 1 aliphatic rings. The molecule has 2 N–H and O–H groups in total. The van der Waals surface area contributed by atoms with Gasteiger partial charge in [0.1, 0.15) is 5.00 Å². The van der Waals surface area contributed by atoms with Gasteiger partial charge in [0.2, 0.25) is 0 Å². The molecule has 4 heterocycles. The van der Waals surface area contributed by atoms with E-state index >= 15 is 0 Å². The van der Waals surface area contributed by atoms with Crippen LogP contribution >= 0.6 is 11.5 Å². The minimum Gasteiger partial charge on any atom is -0.328 e. The number of aryl methyl sites for hydroxylation is 2. The zero-order valence-corrected chi connectivity index (χ0v) is 13.8. The average Bonchev–Trinajstić information content (AvgIpc) is 3.27. The van der Waals surface area contributed by atoms with Gasteiger partial charge in [-0.15, -0.1) is 0 Å². The van der Waals surface area contributed by atoms with Crippen molar-refractivity contribution in [3.63, 3.8) is 0 Å². The van der Waals surface area contributed by atoms with Crippen LogP contribution in [0.25, 0.3) is 5.65 Å². The summed E-state index contributed by atoms with van der Waals surface area (Å²) >= 11 is 1.43. The van der Waals surface area contributed by atoms with Gasteiger partial charge in [-0.25, -0.2) is 9.97 Å². The number of hydrogen-bond acceptors (Lipinski definition) is 7. The van der Waals surface area contributed by atoms with E-state index in [-0.39, 0.29) is 5.92 Å². The fourth-order valence-electron chi connectivity index (χ4n) is 2.65.